The molecule has 0 unspecified atom stereocenters. The highest BCUT2D eigenvalue weighted by Crippen LogP contribution is 2.37. The fraction of sp³-hybridized carbons (Fsp3) is 0.385. The van der Waals surface area contributed by atoms with Gasteiger partial charge in [-0.15, -0.1) is 0 Å². The minimum absolute atomic E-state index is 0.214. The molecule has 2 heterocycles. The molecular weight excluding hydrogens is 402 g/mol. The van der Waals surface area contributed by atoms with Gasteiger partial charge < -0.3 is 14.5 Å². The fourth-order valence-corrected chi connectivity index (χ4v) is 4.53. The number of anilines is 1. The number of methoxy groups -OCH3 is 1. The lowest BCUT2D eigenvalue weighted by Crippen LogP contribution is -2.43. The van der Waals surface area contributed by atoms with E-state index in [0.717, 1.165) is 42.6 Å². The van der Waals surface area contributed by atoms with Crippen molar-refractivity contribution in [2.75, 3.05) is 39.2 Å². The summed E-state index contributed by atoms with van der Waals surface area (Å²) in [7, 11) is 5.67. The van der Waals surface area contributed by atoms with Crippen molar-refractivity contribution in [3.63, 3.8) is 0 Å². The summed E-state index contributed by atoms with van der Waals surface area (Å²) in [5.74, 6) is 0.172. The predicted molar refractivity (Wildman–Crippen MR) is 127 cm³/mol. The van der Waals surface area contributed by atoms with E-state index in [1.54, 1.807) is 7.11 Å². The van der Waals surface area contributed by atoms with Crippen molar-refractivity contribution in [3.8, 4) is 5.75 Å². The molecule has 1 fully saturated rings. The van der Waals surface area contributed by atoms with Crippen LogP contribution in [0.25, 0.3) is 5.57 Å². The van der Waals surface area contributed by atoms with Gasteiger partial charge in [0.15, 0.2) is 0 Å². The van der Waals surface area contributed by atoms with Gasteiger partial charge in [0.2, 0.25) is 0 Å². The molecule has 0 N–H and O–H groups in total. The van der Waals surface area contributed by atoms with Crippen LogP contribution in [-0.2, 0) is 9.59 Å². The Morgan fingerprint density at radius 1 is 0.938 bits per heavy atom. The highest BCUT2D eigenvalue weighted by Gasteiger charge is 2.43. The molecule has 0 atom stereocenters. The third kappa shape index (κ3) is 3.91. The van der Waals surface area contributed by atoms with Crippen molar-refractivity contribution in [3.05, 3.63) is 64.9 Å². The molecule has 2 aliphatic heterocycles. The van der Waals surface area contributed by atoms with Crippen molar-refractivity contribution in [2.24, 2.45) is 0 Å². The molecule has 2 amide bonds. The Balaban J connectivity index is 1.78. The third-order valence-corrected chi connectivity index (χ3v) is 6.78. The van der Waals surface area contributed by atoms with E-state index >= 15 is 0 Å². The molecule has 0 radical (unpaired) electrons. The number of ether oxygens (including phenoxy) is 1. The van der Waals surface area contributed by atoms with Crippen LogP contribution < -0.4 is 9.64 Å². The number of hydrogen-bond acceptors (Lipinski definition) is 5. The fourth-order valence-electron chi connectivity index (χ4n) is 4.53. The topological polar surface area (TPSA) is 53.1 Å². The molecule has 2 aliphatic rings. The van der Waals surface area contributed by atoms with Gasteiger partial charge in [-0.3, -0.25) is 9.59 Å². The number of carbonyl (C=O) groups is 2. The number of hydrogen-bond donors (Lipinski definition) is 0. The van der Waals surface area contributed by atoms with Crippen molar-refractivity contribution in [2.45, 2.75) is 32.7 Å². The van der Waals surface area contributed by atoms with Gasteiger partial charge in [0, 0.05) is 13.1 Å². The minimum Gasteiger partial charge on any atom is -0.497 e. The lowest BCUT2D eigenvalue weighted by Gasteiger charge is -2.36. The van der Waals surface area contributed by atoms with E-state index in [0.29, 0.717) is 22.7 Å². The summed E-state index contributed by atoms with van der Waals surface area (Å²) >= 11 is 0. The van der Waals surface area contributed by atoms with E-state index in [4.69, 9.17) is 4.74 Å². The van der Waals surface area contributed by atoms with Crippen LogP contribution >= 0.6 is 0 Å². The summed E-state index contributed by atoms with van der Waals surface area (Å²) < 4.78 is 5.28. The molecule has 32 heavy (non-hydrogen) atoms. The van der Waals surface area contributed by atoms with Gasteiger partial charge in [-0.25, -0.2) is 4.90 Å². The first-order valence-corrected chi connectivity index (χ1v) is 11.1. The van der Waals surface area contributed by atoms with Crippen LogP contribution in [0.2, 0.25) is 0 Å². The summed E-state index contributed by atoms with van der Waals surface area (Å²) in [5.41, 5.74) is 4.45. The molecular formula is C26H31N3O3. The van der Waals surface area contributed by atoms with E-state index in [-0.39, 0.29) is 17.9 Å². The Kier molecular flexibility index (Phi) is 6.07. The van der Waals surface area contributed by atoms with Gasteiger partial charge in [-0.1, -0.05) is 18.2 Å². The van der Waals surface area contributed by atoms with Gasteiger partial charge in [-0.2, -0.15) is 0 Å². The predicted octanol–water partition coefficient (Wildman–Crippen LogP) is 3.62. The molecule has 6 heteroatoms. The first kappa shape index (κ1) is 22.1. The van der Waals surface area contributed by atoms with Crippen LogP contribution in [0, 0.1) is 13.8 Å². The number of aryl methyl sites for hydroxylation is 2. The summed E-state index contributed by atoms with van der Waals surface area (Å²) in [6.45, 7) is 5.96. The zero-order chi connectivity index (χ0) is 23.0. The number of rotatable bonds is 5. The van der Waals surface area contributed by atoms with Gasteiger partial charge in [0.05, 0.1) is 18.4 Å². The normalized spacial score (nSPS) is 18.0. The van der Waals surface area contributed by atoms with Crippen molar-refractivity contribution < 1.29 is 14.3 Å². The Labute approximate surface area is 190 Å². The molecule has 1 saturated heterocycles. The van der Waals surface area contributed by atoms with Gasteiger partial charge >= 0.3 is 0 Å². The number of amides is 2. The Bertz CT molecular complexity index is 1070. The molecule has 6 nitrogen and oxygen atoms in total. The Morgan fingerprint density at radius 2 is 1.59 bits per heavy atom. The van der Waals surface area contributed by atoms with Crippen LogP contribution in [0.5, 0.6) is 5.75 Å². The highest BCUT2D eigenvalue weighted by atomic mass is 16.5. The van der Waals surface area contributed by atoms with Crippen molar-refractivity contribution >= 4 is 23.1 Å². The molecule has 2 aromatic rings. The molecule has 2 aromatic carbocycles. The zero-order valence-corrected chi connectivity index (χ0v) is 19.5. The summed E-state index contributed by atoms with van der Waals surface area (Å²) in [5, 5.41) is 0. The van der Waals surface area contributed by atoms with Crippen molar-refractivity contribution in [1.82, 2.24) is 9.80 Å². The second kappa shape index (κ2) is 8.79. The minimum atomic E-state index is -0.279. The number of imide groups is 1. The second-order valence-corrected chi connectivity index (χ2v) is 8.81. The third-order valence-electron chi connectivity index (χ3n) is 6.78. The quantitative estimate of drug-likeness (QED) is 0.674. The number of benzene rings is 2. The van der Waals surface area contributed by atoms with E-state index in [9.17, 15) is 9.59 Å². The molecule has 0 aliphatic carbocycles. The zero-order valence-electron chi connectivity index (χ0n) is 19.5. The molecule has 0 spiro atoms. The first-order chi connectivity index (χ1) is 15.3. The van der Waals surface area contributed by atoms with Gasteiger partial charge in [0.1, 0.15) is 11.4 Å². The van der Waals surface area contributed by atoms with E-state index in [1.807, 2.05) is 68.3 Å². The number of likely N-dealkylation sites (tertiary alicyclic amines) is 1. The maximum absolute atomic E-state index is 13.7. The molecule has 4 rings (SSSR count). The largest absolute Gasteiger partial charge is 0.497 e. The first-order valence-electron chi connectivity index (χ1n) is 11.1. The smallest absolute Gasteiger partial charge is 0.282 e. The average Bonchev–Trinajstić information content (AvgIpc) is 3.05. The SMILES string of the molecule is COc1ccc(C2=C(N(C)C3CCN(C)CC3)C(=O)N(c3ccc(C)c(C)c3)C2=O)cc1. The number of piperidine rings is 1. The van der Waals surface area contributed by atoms with Crippen LogP contribution in [0.15, 0.2) is 48.2 Å². The summed E-state index contributed by atoms with van der Waals surface area (Å²) in [4.78, 5) is 33.1. The standard InChI is InChI=1S/C26H31N3O3/c1-17-6-9-21(16-18(17)2)29-25(30)23(19-7-10-22(32-5)11-8-19)24(26(29)31)28(4)20-12-14-27(3)15-13-20/h6-11,16,20H,12-15H2,1-5H3. The Morgan fingerprint density at radius 3 is 2.19 bits per heavy atom. The lowest BCUT2D eigenvalue weighted by molar-refractivity contribution is -0.120. The van der Waals surface area contributed by atoms with Gasteiger partial charge in [-0.05, 0) is 87.8 Å². The monoisotopic (exact) mass is 433 g/mol. The van der Waals surface area contributed by atoms with E-state index in [1.165, 1.54) is 4.90 Å². The van der Waals surface area contributed by atoms with Crippen LogP contribution in [0.1, 0.15) is 29.5 Å². The van der Waals surface area contributed by atoms with Crippen LogP contribution in [-0.4, -0.2) is 62.0 Å². The summed E-state index contributed by atoms with van der Waals surface area (Å²) in [6.07, 6.45) is 1.91. The second-order valence-electron chi connectivity index (χ2n) is 8.81. The summed E-state index contributed by atoms with van der Waals surface area (Å²) in [6, 6.07) is 13.3. The Hall–Kier alpha value is -3.12. The maximum Gasteiger partial charge on any atom is 0.282 e. The van der Waals surface area contributed by atoms with Crippen LogP contribution in [0.4, 0.5) is 5.69 Å². The average molecular weight is 434 g/mol. The molecule has 0 bridgehead atoms. The maximum atomic E-state index is 13.7. The van der Waals surface area contributed by atoms with Crippen LogP contribution in [0.3, 0.4) is 0 Å². The molecule has 168 valence electrons. The van der Waals surface area contributed by atoms with Crippen molar-refractivity contribution in [1.29, 1.82) is 0 Å². The highest BCUT2D eigenvalue weighted by molar-refractivity contribution is 6.45. The molecule has 0 aromatic heterocycles. The van der Waals surface area contributed by atoms with E-state index in [2.05, 4.69) is 11.9 Å². The molecule has 0 saturated carbocycles. The number of carbonyl (C=O) groups excluding carboxylic acids is 2. The van der Waals surface area contributed by atoms with Gasteiger partial charge in [0.25, 0.3) is 11.8 Å². The number of nitrogens with zero attached hydrogens (tertiary/aromatic N) is 3. The number of likely N-dealkylation sites (N-methyl/N-ethyl adjacent to an activating group) is 1. The lowest BCUT2D eigenvalue weighted by atomic mass is 10.00. The van der Waals surface area contributed by atoms with E-state index < -0.39 is 0 Å².